The number of carbonyl (C=O) groups is 3. The topological polar surface area (TPSA) is 69.7 Å². The first-order chi connectivity index (χ1) is 13.1. The Balaban J connectivity index is 1.54. The van der Waals surface area contributed by atoms with Crippen molar-refractivity contribution in [3.8, 4) is 0 Å². The standard InChI is InChI=1S/C23H34O5/c1-13(24)27-16-7-9-22(3)15(11-16)5-6-17-18(22)8-10-23(4)19(17)12-20(26)21(23)28-14(2)25/h15-19,21H,5-12H2,1-4H3/t15?,16-,17-,18?,19?,21+,22+,23+/m0/s1. The molecule has 0 radical (unpaired) electrons. The van der Waals surface area contributed by atoms with Crippen molar-refractivity contribution in [2.45, 2.75) is 91.3 Å². The molecule has 0 aromatic carbocycles. The van der Waals surface area contributed by atoms with Gasteiger partial charge in [-0.2, -0.15) is 0 Å². The molecule has 0 saturated heterocycles. The molecule has 0 heterocycles. The average molecular weight is 391 g/mol. The summed E-state index contributed by atoms with van der Waals surface area (Å²) in [6, 6.07) is 0. The Morgan fingerprint density at radius 3 is 2.25 bits per heavy atom. The molecule has 156 valence electrons. The lowest BCUT2D eigenvalue weighted by Crippen LogP contribution is -2.55. The van der Waals surface area contributed by atoms with Gasteiger partial charge in [-0.25, -0.2) is 0 Å². The molecule has 4 fully saturated rings. The third-order valence-corrected chi connectivity index (χ3v) is 8.98. The Labute approximate surface area is 167 Å². The first kappa shape index (κ1) is 19.9. The van der Waals surface area contributed by atoms with Gasteiger partial charge in [-0.05, 0) is 74.0 Å². The van der Waals surface area contributed by atoms with E-state index in [4.69, 9.17) is 9.47 Å². The summed E-state index contributed by atoms with van der Waals surface area (Å²) in [6.07, 6.45) is 7.46. The maximum absolute atomic E-state index is 12.7. The molecule has 4 aliphatic rings. The minimum absolute atomic E-state index is 0.0717. The fraction of sp³-hybridized carbons (Fsp3) is 0.870. The molecule has 4 aliphatic carbocycles. The van der Waals surface area contributed by atoms with Crippen LogP contribution in [0.1, 0.15) is 79.1 Å². The number of ether oxygens (including phenoxy) is 2. The normalized spacial score (nSPS) is 47.5. The molecule has 8 atom stereocenters. The average Bonchev–Trinajstić information content (AvgIpc) is 2.85. The van der Waals surface area contributed by atoms with Crippen molar-refractivity contribution in [1.82, 2.24) is 0 Å². The Morgan fingerprint density at radius 1 is 0.893 bits per heavy atom. The Kier molecular flexibility index (Phi) is 4.86. The van der Waals surface area contributed by atoms with E-state index in [1.165, 1.54) is 13.8 Å². The highest BCUT2D eigenvalue weighted by molar-refractivity contribution is 5.89. The highest BCUT2D eigenvalue weighted by Crippen LogP contribution is 2.66. The molecule has 0 aromatic heterocycles. The lowest BCUT2D eigenvalue weighted by molar-refractivity contribution is -0.169. The van der Waals surface area contributed by atoms with Gasteiger partial charge in [0, 0.05) is 25.7 Å². The van der Waals surface area contributed by atoms with Crippen molar-refractivity contribution < 1.29 is 23.9 Å². The van der Waals surface area contributed by atoms with E-state index in [1.807, 2.05) is 0 Å². The fourth-order valence-electron chi connectivity index (χ4n) is 7.68. The largest absolute Gasteiger partial charge is 0.463 e. The van der Waals surface area contributed by atoms with Crippen LogP contribution in [0.15, 0.2) is 0 Å². The van der Waals surface area contributed by atoms with E-state index < -0.39 is 6.10 Å². The van der Waals surface area contributed by atoms with Crippen molar-refractivity contribution in [1.29, 1.82) is 0 Å². The van der Waals surface area contributed by atoms with Gasteiger partial charge in [0.1, 0.15) is 6.10 Å². The number of Topliss-reactive ketones (excluding diaryl/α,β-unsaturated/α-hetero) is 1. The van der Waals surface area contributed by atoms with E-state index in [1.54, 1.807) is 0 Å². The summed E-state index contributed by atoms with van der Waals surface area (Å²) < 4.78 is 11.1. The van der Waals surface area contributed by atoms with E-state index >= 15 is 0 Å². The summed E-state index contributed by atoms with van der Waals surface area (Å²) in [6.45, 7) is 7.53. The highest BCUT2D eigenvalue weighted by Gasteiger charge is 2.63. The number of esters is 2. The van der Waals surface area contributed by atoms with Crippen LogP contribution < -0.4 is 0 Å². The molecule has 4 saturated carbocycles. The predicted octanol–water partition coefficient (Wildman–Crippen LogP) is 4.07. The SMILES string of the molecule is CC(=O)O[C@H]1CC[C@]2(C)C(CC[C@H]3C2CC[C@]2(C)C3CC(=O)[C@H]2OC(C)=O)C1. The van der Waals surface area contributed by atoms with Crippen molar-refractivity contribution in [3.05, 3.63) is 0 Å². The summed E-state index contributed by atoms with van der Waals surface area (Å²) >= 11 is 0. The minimum Gasteiger partial charge on any atom is -0.463 e. The molecule has 0 aliphatic heterocycles. The third-order valence-electron chi connectivity index (χ3n) is 8.98. The summed E-state index contributed by atoms with van der Waals surface area (Å²) in [5.74, 6) is 1.68. The Bertz CT molecular complexity index is 686. The molecule has 0 spiro atoms. The van der Waals surface area contributed by atoms with Crippen molar-refractivity contribution in [2.24, 2.45) is 34.5 Å². The molecule has 0 amide bonds. The predicted molar refractivity (Wildman–Crippen MR) is 103 cm³/mol. The molecular weight excluding hydrogens is 356 g/mol. The van der Waals surface area contributed by atoms with Crippen LogP contribution in [0.5, 0.6) is 0 Å². The number of hydrogen-bond donors (Lipinski definition) is 0. The number of fused-ring (bicyclic) bond motifs is 5. The Hall–Kier alpha value is -1.39. The number of hydrogen-bond acceptors (Lipinski definition) is 5. The molecule has 0 N–H and O–H groups in total. The smallest absolute Gasteiger partial charge is 0.303 e. The van der Waals surface area contributed by atoms with Crippen LogP contribution in [-0.2, 0) is 23.9 Å². The van der Waals surface area contributed by atoms with Gasteiger partial charge in [0.2, 0.25) is 0 Å². The highest BCUT2D eigenvalue weighted by atomic mass is 16.5. The van der Waals surface area contributed by atoms with Gasteiger partial charge >= 0.3 is 11.9 Å². The number of carbonyl (C=O) groups excluding carboxylic acids is 3. The Morgan fingerprint density at radius 2 is 1.57 bits per heavy atom. The van der Waals surface area contributed by atoms with Crippen LogP contribution in [0.3, 0.4) is 0 Å². The van der Waals surface area contributed by atoms with Crippen LogP contribution >= 0.6 is 0 Å². The van der Waals surface area contributed by atoms with E-state index in [2.05, 4.69) is 13.8 Å². The van der Waals surface area contributed by atoms with Crippen LogP contribution in [0.25, 0.3) is 0 Å². The molecule has 3 unspecified atom stereocenters. The molecule has 28 heavy (non-hydrogen) atoms. The zero-order valence-corrected chi connectivity index (χ0v) is 17.7. The van der Waals surface area contributed by atoms with Gasteiger partial charge < -0.3 is 9.47 Å². The molecule has 0 aromatic rings. The molecule has 5 heteroatoms. The van der Waals surface area contributed by atoms with Crippen molar-refractivity contribution in [3.63, 3.8) is 0 Å². The van der Waals surface area contributed by atoms with Gasteiger partial charge in [0.15, 0.2) is 11.9 Å². The van der Waals surface area contributed by atoms with Gasteiger partial charge in [-0.3, -0.25) is 14.4 Å². The van der Waals surface area contributed by atoms with Crippen molar-refractivity contribution in [2.75, 3.05) is 0 Å². The van der Waals surface area contributed by atoms with Crippen LogP contribution in [-0.4, -0.2) is 29.9 Å². The first-order valence-corrected chi connectivity index (χ1v) is 11.0. The second kappa shape index (κ2) is 6.84. The molecule has 5 nitrogen and oxygen atoms in total. The van der Waals surface area contributed by atoms with E-state index in [9.17, 15) is 14.4 Å². The summed E-state index contributed by atoms with van der Waals surface area (Å²) in [5, 5.41) is 0. The summed E-state index contributed by atoms with van der Waals surface area (Å²) in [5.41, 5.74) is 0.0610. The van der Waals surface area contributed by atoms with E-state index in [0.717, 1.165) is 44.9 Å². The second-order valence-corrected chi connectivity index (χ2v) is 10.4. The lowest BCUT2D eigenvalue weighted by atomic mass is 9.45. The van der Waals surface area contributed by atoms with E-state index in [0.29, 0.717) is 30.1 Å². The zero-order valence-electron chi connectivity index (χ0n) is 17.7. The lowest BCUT2D eigenvalue weighted by Gasteiger charge is -2.60. The summed E-state index contributed by atoms with van der Waals surface area (Å²) in [7, 11) is 0. The van der Waals surface area contributed by atoms with Gasteiger partial charge in [-0.1, -0.05) is 13.8 Å². The number of rotatable bonds is 2. The van der Waals surface area contributed by atoms with Crippen LogP contribution in [0.4, 0.5) is 0 Å². The fourth-order valence-corrected chi connectivity index (χ4v) is 7.68. The monoisotopic (exact) mass is 390 g/mol. The first-order valence-electron chi connectivity index (χ1n) is 11.0. The maximum Gasteiger partial charge on any atom is 0.303 e. The zero-order chi connectivity index (χ0) is 20.3. The van der Waals surface area contributed by atoms with Crippen molar-refractivity contribution >= 4 is 17.7 Å². The third kappa shape index (κ3) is 3.00. The van der Waals surface area contributed by atoms with Crippen LogP contribution in [0, 0.1) is 34.5 Å². The summed E-state index contributed by atoms with van der Waals surface area (Å²) in [4.78, 5) is 35.7. The van der Waals surface area contributed by atoms with Gasteiger partial charge in [0.05, 0.1) is 0 Å². The minimum atomic E-state index is -0.554. The second-order valence-electron chi connectivity index (χ2n) is 10.4. The molecule has 0 bridgehead atoms. The van der Waals surface area contributed by atoms with E-state index in [-0.39, 0.29) is 34.7 Å². The van der Waals surface area contributed by atoms with Gasteiger partial charge in [-0.15, -0.1) is 0 Å². The van der Waals surface area contributed by atoms with Crippen LogP contribution in [0.2, 0.25) is 0 Å². The van der Waals surface area contributed by atoms with Gasteiger partial charge in [0.25, 0.3) is 0 Å². The maximum atomic E-state index is 12.7. The molecule has 4 rings (SSSR count). The molecular formula is C23H34O5. The number of ketones is 1. The quantitative estimate of drug-likeness (QED) is 0.665.